The molecule has 0 unspecified atom stereocenters. The number of rotatable bonds is 3. The molecule has 116 valence electrons. The molecular weight excluding hydrogens is 418 g/mol. The predicted molar refractivity (Wildman–Crippen MR) is 103 cm³/mol. The lowest BCUT2D eigenvalue weighted by Crippen LogP contribution is -1.79. The van der Waals surface area contributed by atoms with E-state index in [1.807, 2.05) is 30.3 Å². The van der Waals surface area contributed by atoms with Gasteiger partial charge in [-0.1, -0.05) is 28.1 Å². The van der Waals surface area contributed by atoms with Crippen molar-refractivity contribution in [2.24, 2.45) is 4.99 Å². The van der Waals surface area contributed by atoms with E-state index in [9.17, 15) is 0 Å². The highest BCUT2D eigenvalue weighted by atomic mass is 79.9. The first-order valence-electron chi connectivity index (χ1n) is 7.19. The topological polar surface area (TPSA) is 25.5 Å². The summed E-state index contributed by atoms with van der Waals surface area (Å²) in [5, 5.41) is 0. The highest BCUT2D eigenvalue weighted by molar-refractivity contribution is 9.11. The molecule has 0 amide bonds. The van der Waals surface area contributed by atoms with E-state index in [1.165, 1.54) is 11.1 Å². The summed E-state index contributed by atoms with van der Waals surface area (Å²) >= 11 is 7.11. The molecule has 0 N–H and O–H groups in total. The average Bonchev–Trinajstić information content (AvgIpc) is 2.95. The zero-order chi connectivity index (χ0) is 16.4. The molecular formula is C19H15Br2NO. The number of halogens is 2. The second-order valence-corrected chi connectivity index (χ2v) is 7.11. The van der Waals surface area contributed by atoms with Crippen molar-refractivity contribution in [2.75, 3.05) is 0 Å². The Morgan fingerprint density at radius 1 is 0.870 bits per heavy atom. The minimum atomic E-state index is 0.722. The Morgan fingerprint density at radius 3 is 2.26 bits per heavy atom. The van der Waals surface area contributed by atoms with Crippen LogP contribution in [0.4, 0.5) is 5.69 Å². The first-order valence-corrected chi connectivity index (χ1v) is 8.78. The minimum Gasteiger partial charge on any atom is -0.455 e. The average molecular weight is 433 g/mol. The van der Waals surface area contributed by atoms with Crippen LogP contribution in [0.25, 0.3) is 11.3 Å². The van der Waals surface area contributed by atoms with Gasteiger partial charge in [0, 0.05) is 14.5 Å². The van der Waals surface area contributed by atoms with Crippen LogP contribution in [0.2, 0.25) is 0 Å². The molecule has 0 aliphatic rings. The Labute approximate surface area is 152 Å². The normalized spacial score (nSPS) is 11.3. The smallest absolute Gasteiger partial charge is 0.145 e. The van der Waals surface area contributed by atoms with Crippen LogP contribution in [0, 0.1) is 13.8 Å². The van der Waals surface area contributed by atoms with Gasteiger partial charge in [-0.25, -0.2) is 0 Å². The summed E-state index contributed by atoms with van der Waals surface area (Å²) in [5.74, 6) is 1.54. The molecule has 3 aromatic rings. The van der Waals surface area contributed by atoms with Crippen LogP contribution in [-0.4, -0.2) is 6.21 Å². The van der Waals surface area contributed by atoms with Crippen molar-refractivity contribution in [3.63, 3.8) is 0 Å². The summed E-state index contributed by atoms with van der Waals surface area (Å²) in [7, 11) is 0. The van der Waals surface area contributed by atoms with Crippen LogP contribution in [-0.2, 0) is 0 Å². The highest BCUT2D eigenvalue weighted by Gasteiger charge is 2.08. The monoisotopic (exact) mass is 431 g/mol. The second kappa shape index (κ2) is 6.85. The fourth-order valence-corrected chi connectivity index (χ4v) is 3.52. The molecule has 1 heterocycles. The van der Waals surface area contributed by atoms with Crippen LogP contribution in [0.1, 0.15) is 16.9 Å². The molecule has 4 heteroatoms. The fourth-order valence-electron chi connectivity index (χ4n) is 2.24. The lowest BCUT2D eigenvalue weighted by atomic mass is 10.1. The fraction of sp³-hybridized carbons (Fsp3) is 0.105. The van der Waals surface area contributed by atoms with Gasteiger partial charge in [0.05, 0.1) is 11.9 Å². The molecule has 0 aliphatic carbocycles. The van der Waals surface area contributed by atoms with Crippen LogP contribution >= 0.6 is 31.9 Å². The summed E-state index contributed by atoms with van der Waals surface area (Å²) in [5.41, 5.74) is 4.32. The number of aliphatic imine (C=N–C) groups is 1. The highest BCUT2D eigenvalue weighted by Crippen LogP contribution is 2.31. The van der Waals surface area contributed by atoms with E-state index in [1.54, 1.807) is 6.21 Å². The van der Waals surface area contributed by atoms with Gasteiger partial charge in [-0.3, -0.25) is 4.99 Å². The van der Waals surface area contributed by atoms with Crippen LogP contribution in [0.5, 0.6) is 0 Å². The van der Waals surface area contributed by atoms with Gasteiger partial charge in [0.2, 0.25) is 0 Å². The molecule has 2 aromatic carbocycles. The number of benzene rings is 2. The molecule has 0 radical (unpaired) electrons. The molecule has 0 saturated heterocycles. The molecule has 2 nitrogen and oxygen atoms in total. The van der Waals surface area contributed by atoms with Gasteiger partial charge in [0.1, 0.15) is 11.5 Å². The maximum atomic E-state index is 5.88. The second-order valence-electron chi connectivity index (χ2n) is 5.40. The quantitative estimate of drug-likeness (QED) is 0.416. The zero-order valence-corrected chi connectivity index (χ0v) is 16.0. The van der Waals surface area contributed by atoms with Gasteiger partial charge < -0.3 is 4.42 Å². The largest absolute Gasteiger partial charge is 0.455 e. The first kappa shape index (κ1) is 16.2. The van der Waals surface area contributed by atoms with Crippen molar-refractivity contribution in [1.82, 2.24) is 0 Å². The van der Waals surface area contributed by atoms with Crippen LogP contribution in [0.15, 0.2) is 66.9 Å². The minimum absolute atomic E-state index is 0.722. The Hall–Kier alpha value is -1.65. The van der Waals surface area contributed by atoms with Crippen molar-refractivity contribution in [3.8, 4) is 11.3 Å². The molecule has 0 saturated carbocycles. The maximum Gasteiger partial charge on any atom is 0.145 e. The van der Waals surface area contributed by atoms with E-state index < -0.39 is 0 Å². The van der Waals surface area contributed by atoms with E-state index >= 15 is 0 Å². The molecule has 0 spiro atoms. The molecule has 23 heavy (non-hydrogen) atoms. The molecule has 0 bridgehead atoms. The van der Waals surface area contributed by atoms with E-state index in [4.69, 9.17) is 4.42 Å². The van der Waals surface area contributed by atoms with Crippen molar-refractivity contribution < 1.29 is 4.42 Å². The summed E-state index contributed by atoms with van der Waals surface area (Å²) in [6.45, 7) is 4.12. The molecule has 1 aromatic heterocycles. The number of nitrogens with zero attached hydrogens (tertiary/aromatic N) is 1. The zero-order valence-electron chi connectivity index (χ0n) is 12.8. The summed E-state index contributed by atoms with van der Waals surface area (Å²) in [6.07, 6.45) is 1.74. The van der Waals surface area contributed by atoms with Gasteiger partial charge in [0.25, 0.3) is 0 Å². The van der Waals surface area contributed by atoms with Crippen LogP contribution < -0.4 is 0 Å². The number of aryl methyl sites for hydroxylation is 2. The molecule has 0 fully saturated rings. The van der Waals surface area contributed by atoms with E-state index in [-0.39, 0.29) is 0 Å². The standard InChI is InChI=1S/C19H15Br2NO/c1-12-3-6-15(16(20)9-12)19-8-5-14(23-19)11-22-18-7-4-13(2)10-17(18)21/h3-11H,1-2H3. The third kappa shape index (κ3) is 3.82. The van der Waals surface area contributed by atoms with Gasteiger partial charge in [-0.05, 0) is 77.3 Å². The third-order valence-corrected chi connectivity index (χ3v) is 4.74. The predicted octanol–water partition coefficient (Wildman–Crippen LogP) is 6.84. The molecule has 0 atom stereocenters. The lowest BCUT2D eigenvalue weighted by Gasteiger charge is -2.02. The maximum absolute atomic E-state index is 5.88. The number of hydrogen-bond acceptors (Lipinski definition) is 2. The summed E-state index contributed by atoms with van der Waals surface area (Å²) < 4.78 is 7.88. The van der Waals surface area contributed by atoms with Crippen molar-refractivity contribution >= 4 is 43.8 Å². The van der Waals surface area contributed by atoms with E-state index in [0.717, 1.165) is 31.7 Å². The Morgan fingerprint density at radius 2 is 1.57 bits per heavy atom. The lowest BCUT2D eigenvalue weighted by molar-refractivity contribution is 0.575. The van der Waals surface area contributed by atoms with E-state index in [2.05, 4.69) is 68.9 Å². The number of furan rings is 1. The first-order chi connectivity index (χ1) is 11.0. The van der Waals surface area contributed by atoms with Crippen LogP contribution in [0.3, 0.4) is 0 Å². The number of hydrogen-bond donors (Lipinski definition) is 0. The Kier molecular flexibility index (Phi) is 4.83. The molecule has 0 aliphatic heterocycles. The molecule has 3 rings (SSSR count). The SMILES string of the molecule is Cc1ccc(N=Cc2ccc(-c3ccc(C)cc3Br)o2)c(Br)c1. The van der Waals surface area contributed by atoms with Gasteiger partial charge in [0.15, 0.2) is 0 Å². The van der Waals surface area contributed by atoms with Gasteiger partial charge in [-0.2, -0.15) is 0 Å². The van der Waals surface area contributed by atoms with E-state index in [0.29, 0.717) is 0 Å². The van der Waals surface area contributed by atoms with Crippen molar-refractivity contribution in [3.05, 3.63) is 74.4 Å². The third-order valence-electron chi connectivity index (χ3n) is 3.45. The Balaban J connectivity index is 1.86. The summed E-state index contributed by atoms with van der Waals surface area (Å²) in [4.78, 5) is 4.48. The van der Waals surface area contributed by atoms with Crippen molar-refractivity contribution in [2.45, 2.75) is 13.8 Å². The van der Waals surface area contributed by atoms with Gasteiger partial charge >= 0.3 is 0 Å². The summed E-state index contributed by atoms with van der Waals surface area (Å²) in [6, 6.07) is 16.1. The van der Waals surface area contributed by atoms with Gasteiger partial charge in [-0.15, -0.1) is 0 Å². The van der Waals surface area contributed by atoms with Crippen molar-refractivity contribution in [1.29, 1.82) is 0 Å². The Bertz CT molecular complexity index is 881.